The largest absolute Gasteiger partial charge is 0.493 e. The number of hydrogen-bond acceptors (Lipinski definition) is 4. The number of benzene rings is 2. The Kier molecular flexibility index (Phi) is 6.40. The summed E-state index contributed by atoms with van der Waals surface area (Å²) in [6, 6.07) is 10.8. The van der Waals surface area contributed by atoms with Gasteiger partial charge in [0.05, 0.1) is 20.4 Å². The third kappa shape index (κ3) is 4.68. The monoisotopic (exact) mass is 488 g/mol. The van der Waals surface area contributed by atoms with Crippen molar-refractivity contribution in [2.75, 3.05) is 14.2 Å². The van der Waals surface area contributed by atoms with Crippen LogP contribution in [0.2, 0.25) is 0 Å². The van der Waals surface area contributed by atoms with Crippen LogP contribution in [0.5, 0.6) is 11.5 Å². The van der Waals surface area contributed by atoms with Crippen molar-refractivity contribution in [1.82, 2.24) is 5.43 Å². The van der Waals surface area contributed by atoms with Gasteiger partial charge in [-0.2, -0.15) is 5.10 Å². The maximum absolute atomic E-state index is 12.0. The molecular weight excluding hydrogens is 475 g/mol. The molecule has 0 unspecified atom stereocenters. The summed E-state index contributed by atoms with van der Waals surface area (Å²) in [5.74, 6) is 0.928. The molecule has 0 bridgehead atoms. The predicted molar refractivity (Wildman–Crippen MR) is 101 cm³/mol. The van der Waals surface area contributed by atoms with E-state index in [4.69, 9.17) is 9.47 Å². The fourth-order valence-corrected chi connectivity index (χ4v) is 2.79. The fourth-order valence-electron chi connectivity index (χ4n) is 1.82. The molecule has 120 valence electrons. The van der Waals surface area contributed by atoms with Crippen molar-refractivity contribution < 1.29 is 14.3 Å². The molecule has 1 amide bonds. The van der Waals surface area contributed by atoms with E-state index in [1.165, 1.54) is 6.21 Å². The quantitative estimate of drug-likeness (QED) is 0.395. The Bertz CT molecular complexity index is 750. The number of carbonyl (C=O) groups is 1. The van der Waals surface area contributed by atoms with Crippen LogP contribution in [-0.2, 0) is 0 Å². The van der Waals surface area contributed by atoms with Crippen LogP contribution in [0.15, 0.2) is 46.0 Å². The number of amides is 1. The summed E-state index contributed by atoms with van der Waals surface area (Å²) in [5.41, 5.74) is 3.81. The van der Waals surface area contributed by atoms with Crippen LogP contribution in [0.25, 0.3) is 0 Å². The molecule has 1 N–H and O–H groups in total. The van der Waals surface area contributed by atoms with Crippen LogP contribution in [0.3, 0.4) is 0 Å². The molecule has 0 aliphatic rings. The maximum atomic E-state index is 12.0. The van der Waals surface area contributed by atoms with Crippen LogP contribution >= 0.6 is 38.5 Å². The van der Waals surface area contributed by atoms with E-state index in [0.717, 1.165) is 13.6 Å². The molecule has 0 spiro atoms. The van der Waals surface area contributed by atoms with E-state index in [-0.39, 0.29) is 5.91 Å². The number of hydrazone groups is 1. The number of carbonyl (C=O) groups excluding carboxylic acids is 1. The highest BCUT2D eigenvalue weighted by Crippen LogP contribution is 2.32. The van der Waals surface area contributed by atoms with Gasteiger partial charge in [0, 0.05) is 19.2 Å². The number of nitrogens with one attached hydrogen (secondary N) is 1. The minimum absolute atomic E-state index is 0.267. The molecule has 0 aromatic heterocycles. The van der Waals surface area contributed by atoms with Crippen LogP contribution in [0, 0.1) is 3.57 Å². The maximum Gasteiger partial charge on any atom is 0.271 e. The van der Waals surface area contributed by atoms with E-state index >= 15 is 0 Å². The highest BCUT2D eigenvalue weighted by atomic mass is 127. The van der Waals surface area contributed by atoms with Crippen LogP contribution < -0.4 is 14.9 Å². The molecule has 7 heteroatoms. The average molecular weight is 489 g/mol. The van der Waals surface area contributed by atoms with Crippen molar-refractivity contribution in [3.8, 4) is 11.5 Å². The molecule has 0 aliphatic carbocycles. The van der Waals surface area contributed by atoms with Gasteiger partial charge in [0.2, 0.25) is 0 Å². The first-order valence-corrected chi connectivity index (χ1v) is 8.43. The van der Waals surface area contributed by atoms with Crippen molar-refractivity contribution in [2.45, 2.75) is 0 Å². The molecule has 2 aromatic rings. The summed E-state index contributed by atoms with van der Waals surface area (Å²) in [7, 11) is 3.13. The Hall–Kier alpha value is -1.61. The van der Waals surface area contributed by atoms with Crippen molar-refractivity contribution in [1.29, 1.82) is 0 Å². The SMILES string of the molecule is COc1cc(Br)c(C=NNC(=O)c2cccc(I)c2)cc1OC. The Morgan fingerprint density at radius 2 is 1.91 bits per heavy atom. The van der Waals surface area contributed by atoms with E-state index < -0.39 is 0 Å². The van der Waals surface area contributed by atoms with Crippen molar-refractivity contribution >= 4 is 50.6 Å². The third-order valence-corrected chi connectivity index (χ3v) is 4.32. The second-order valence-corrected chi connectivity index (χ2v) is 6.54. The van der Waals surface area contributed by atoms with Crippen molar-refractivity contribution in [2.24, 2.45) is 5.10 Å². The van der Waals surface area contributed by atoms with E-state index in [9.17, 15) is 4.79 Å². The molecule has 0 saturated carbocycles. The van der Waals surface area contributed by atoms with Crippen molar-refractivity contribution in [3.05, 3.63) is 55.6 Å². The molecule has 0 saturated heterocycles. The number of nitrogens with zero attached hydrogens (tertiary/aromatic N) is 1. The van der Waals surface area contributed by atoms with E-state index in [0.29, 0.717) is 17.1 Å². The average Bonchev–Trinajstić information content (AvgIpc) is 2.55. The summed E-state index contributed by atoms with van der Waals surface area (Å²) < 4.78 is 12.2. The third-order valence-electron chi connectivity index (χ3n) is 2.96. The van der Waals surface area contributed by atoms with Crippen LogP contribution in [0.4, 0.5) is 0 Å². The number of halogens is 2. The zero-order chi connectivity index (χ0) is 16.8. The van der Waals surface area contributed by atoms with Gasteiger partial charge in [-0.25, -0.2) is 5.43 Å². The van der Waals surface area contributed by atoms with Gasteiger partial charge in [0.25, 0.3) is 5.91 Å². The molecule has 0 atom stereocenters. The Morgan fingerprint density at radius 3 is 2.57 bits per heavy atom. The Morgan fingerprint density at radius 1 is 1.22 bits per heavy atom. The summed E-state index contributed by atoms with van der Waals surface area (Å²) in [6.07, 6.45) is 1.54. The topological polar surface area (TPSA) is 59.9 Å². The fraction of sp³-hybridized carbons (Fsp3) is 0.125. The molecular formula is C16H14BrIN2O3. The van der Waals surface area contributed by atoms with Gasteiger partial charge in [0.15, 0.2) is 11.5 Å². The van der Waals surface area contributed by atoms with Gasteiger partial charge in [0.1, 0.15) is 0 Å². The zero-order valence-corrected chi connectivity index (χ0v) is 16.2. The molecule has 0 radical (unpaired) electrons. The van der Waals surface area contributed by atoms with Gasteiger partial charge in [-0.05, 0) is 68.9 Å². The van der Waals surface area contributed by atoms with Gasteiger partial charge in [-0.3, -0.25) is 4.79 Å². The summed E-state index contributed by atoms with van der Waals surface area (Å²) in [6.45, 7) is 0. The lowest BCUT2D eigenvalue weighted by Crippen LogP contribution is -2.17. The molecule has 0 heterocycles. The molecule has 5 nitrogen and oxygen atoms in total. The lowest BCUT2D eigenvalue weighted by atomic mass is 10.2. The van der Waals surface area contributed by atoms with Gasteiger partial charge < -0.3 is 9.47 Å². The van der Waals surface area contributed by atoms with Gasteiger partial charge in [-0.15, -0.1) is 0 Å². The number of hydrogen-bond donors (Lipinski definition) is 1. The van der Waals surface area contributed by atoms with E-state index in [1.54, 1.807) is 38.5 Å². The molecule has 2 rings (SSSR count). The number of methoxy groups -OCH3 is 2. The number of ether oxygens (including phenoxy) is 2. The van der Waals surface area contributed by atoms with Crippen molar-refractivity contribution in [3.63, 3.8) is 0 Å². The van der Waals surface area contributed by atoms with Crippen LogP contribution in [0.1, 0.15) is 15.9 Å². The van der Waals surface area contributed by atoms with Gasteiger partial charge >= 0.3 is 0 Å². The highest BCUT2D eigenvalue weighted by Gasteiger charge is 2.08. The second-order valence-electron chi connectivity index (χ2n) is 4.44. The lowest BCUT2D eigenvalue weighted by molar-refractivity contribution is 0.0955. The normalized spacial score (nSPS) is 10.6. The van der Waals surface area contributed by atoms with E-state index in [2.05, 4.69) is 49.0 Å². The summed E-state index contributed by atoms with van der Waals surface area (Å²) in [5, 5.41) is 3.99. The number of rotatable bonds is 5. The molecule has 0 aliphatic heterocycles. The molecule has 2 aromatic carbocycles. The minimum Gasteiger partial charge on any atom is -0.493 e. The van der Waals surface area contributed by atoms with Gasteiger partial charge in [-0.1, -0.05) is 6.07 Å². The zero-order valence-electron chi connectivity index (χ0n) is 12.5. The summed E-state index contributed by atoms with van der Waals surface area (Å²) in [4.78, 5) is 12.0. The lowest BCUT2D eigenvalue weighted by Gasteiger charge is -2.09. The standard InChI is InChI=1S/C16H14BrIN2O3/c1-22-14-7-11(13(17)8-15(14)23-2)9-19-20-16(21)10-4-3-5-12(18)6-10/h3-9H,1-2H3,(H,20,21). The van der Waals surface area contributed by atoms with Crippen LogP contribution in [-0.4, -0.2) is 26.3 Å². The molecule has 0 fully saturated rings. The van der Waals surface area contributed by atoms with E-state index in [1.807, 2.05) is 12.1 Å². The summed E-state index contributed by atoms with van der Waals surface area (Å²) >= 11 is 5.59. The second kappa shape index (κ2) is 8.30. The predicted octanol–water partition coefficient (Wildman–Crippen LogP) is 3.83. The molecule has 23 heavy (non-hydrogen) atoms. The Labute approximate surface area is 156 Å². The Balaban J connectivity index is 2.13. The minimum atomic E-state index is -0.267. The first-order chi connectivity index (χ1) is 11.0. The smallest absolute Gasteiger partial charge is 0.271 e. The highest BCUT2D eigenvalue weighted by molar-refractivity contribution is 14.1. The first-order valence-electron chi connectivity index (χ1n) is 6.55. The first kappa shape index (κ1) is 17.7.